The Hall–Kier alpha value is -1.35. The zero-order chi connectivity index (χ0) is 14.2. The summed E-state index contributed by atoms with van der Waals surface area (Å²) in [5.41, 5.74) is 0.190. The molecule has 1 saturated heterocycles. The van der Waals surface area contributed by atoms with Crippen LogP contribution in [-0.4, -0.2) is 27.6 Å². The molecule has 1 atom stereocenters. The van der Waals surface area contributed by atoms with Crippen molar-refractivity contribution in [1.29, 1.82) is 5.26 Å². The number of alkyl halides is 1. The fraction of sp³-hybridized carbons (Fsp3) is 0.615. The highest BCUT2D eigenvalue weighted by Crippen LogP contribution is 2.32. The first-order valence-electron chi connectivity index (χ1n) is 6.23. The highest BCUT2D eigenvalue weighted by atomic mass is 79.9. The van der Waals surface area contributed by atoms with Crippen molar-refractivity contribution in [1.82, 2.24) is 9.78 Å². The second-order valence-corrected chi connectivity index (χ2v) is 6.45. The third kappa shape index (κ3) is 2.52. The number of rotatable bonds is 2. The van der Waals surface area contributed by atoms with Gasteiger partial charge in [-0.05, 0) is 26.7 Å². The van der Waals surface area contributed by atoms with E-state index in [2.05, 4.69) is 27.1 Å². The molecule has 0 aliphatic carbocycles. The van der Waals surface area contributed by atoms with Gasteiger partial charge in [0, 0.05) is 18.3 Å². The summed E-state index contributed by atoms with van der Waals surface area (Å²) < 4.78 is 1.76. The first-order chi connectivity index (χ1) is 8.88. The standard InChI is InChI=1S/C13H17BrN4O/c1-13(2,3)18-12(10(6-15)7-16-18)17-8-9(5-14)4-11(17)19/h7,9H,4-5,8H2,1-3H3. The molecular formula is C13H17BrN4O. The summed E-state index contributed by atoms with van der Waals surface area (Å²) in [6.07, 6.45) is 2.06. The van der Waals surface area contributed by atoms with E-state index in [0.29, 0.717) is 30.3 Å². The van der Waals surface area contributed by atoms with Gasteiger partial charge >= 0.3 is 0 Å². The van der Waals surface area contributed by atoms with Crippen LogP contribution < -0.4 is 4.90 Å². The fourth-order valence-electron chi connectivity index (χ4n) is 2.26. The van der Waals surface area contributed by atoms with Crippen LogP contribution in [0.15, 0.2) is 6.20 Å². The molecule has 0 N–H and O–H groups in total. The first kappa shape index (κ1) is 14.1. The first-order valence-corrected chi connectivity index (χ1v) is 7.35. The Balaban J connectivity index is 2.47. The number of amides is 1. The van der Waals surface area contributed by atoms with E-state index in [1.807, 2.05) is 20.8 Å². The van der Waals surface area contributed by atoms with Gasteiger partial charge in [0.15, 0.2) is 5.82 Å². The molecule has 1 aromatic heterocycles. The Morgan fingerprint density at radius 3 is 2.74 bits per heavy atom. The number of hydrogen-bond donors (Lipinski definition) is 0. The summed E-state index contributed by atoms with van der Waals surface area (Å²) in [7, 11) is 0. The molecule has 102 valence electrons. The molecule has 0 aromatic carbocycles. The minimum atomic E-state index is -0.267. The number of carbonyl (C=O) groups excluding carboxylic acids is 1. The van der Waals surface area contributed by atoms with E-state index in [4.69, 9.17) is 0 Å². The summed E-state index contributed by atoms with van der Waals surface area (Å²) in [5.74, 6) is 0.984. The molecule has 0 bridgehead atoms. The Labute approximate surface area is 121 Å². The number of nitriles is 1. The molecule has 1 amide bonds. The monoisotopic (exact) mass is 324 g/mol. The maximum atomic E-state index is 12.1. The van der Waals surface area contributed by atoms with Crippen molar-refractivity contribution >= 4 is 27.7 Å². The van der Waals surface area contributed by atoms with E-state index in [9.17, 15) is 10.1 Å². The molecule has 0 spiro atoms. The molecule has 6 heteroatoms. The largest absolute Gasteiger partial charge is 0.296 e. The summed E-state index contributed by atoms with van der Waals surface area (Å²) in [6.45, 7) is 6.66. The van der Waals surface area contributed by atoms with Crippen molar-refractivity contribution < 1.29 is 4.79 Å². The molecule has 0 radical (unpaired) electrons. The van der Waals surface area contributed by atoms with Gasteiger partial charge in [-0.15, -0.1) is 0 Å². The third-order valence-electron chi connectivity index (χ3n) is 3.18. The van der Waals surface area contributed by atoms with Gasteiger partial charge < -0.3 is 0 Å². The van der Waals surface area contributed by atoms with Gasteiger partial charge in [0.25, 0.3) is 0 Å². The van der Waals surface area contributed by atoms with Crippen molar-refractivity contribution in [2.45, 2.75) is 32.7 Å². The molecular weight excluding hydrogens is 308 g/mol. The minimum Gasteiger partial charge on any atom is -0.296 e. The number of halogens is 1. The predicted molar refractivity (Wildman–Crippen MR) is 76.2 cm³/mol. The van der Waals surface area contributed by atoms with Crippen LogP contribution in [0.25, 0.3) is 0 Å². The zero-order valence-corrected chi connectivity index (χ0v) is 12.9. The van der Waals surface area contributed by atoms with Crippen LogP contribution in [0, 0.1) is 17.2 Å². The van der Waals surface area contributed by atoms with Gasteiger partial charge in [0.2, 0.25) is 5.91 Å². The van der Waals surface area contributed by atoms with E-state index in [1.54, 1.807) is 9.58 Å². The maximum Gasteiger partial charge on any atom is 0.228 e. The molecule has 1 aromatic rings. The molecule has 2 rings (SSSR count). The molecule has 1 aliphatic heterocycles. The Kier molecular flexibility index (Phi) is 3.68. The summed E-state index contributed by atoms with van der Waals surface area (Å²) in [4.78, 5) is 13.8. The van der Waals surface area contributed by atoms with Crippen LogP contribution in [0.1, 0.15) is 32.8 Å². The lowest BCUT2D eigenvalue weighted by molar-refractivity contribution is -0.117. The predicted octanol–water partition coefficient (Wildman–Crippen LogP) is 2.26. The van der Waals surface area contributed by atoms with Gasteiger partial charge in [-0.25, -0.2) is 4.68 Å². The van der Waals surface area contributed by atoms with Crippen LogP contribution >= 0.6 is 15.9 Å². The molecule has 1 unspecified atom stereocenters. The number of aromatic nitrogens is 2. The van der Waals surface area contributed by atoms with Gasteiger partial charge in [0.05, 0.1) is 11.7 Å². The van der Waals surface area contributed by atoms with E-state index >= 15 is 0 Å². The van der Waals surface area contributed by atoms with Gasteiger partial charge in [-0.1, -0.05) is 15.9 Å². The lowest BCUT2D eigenvalue weighted by Crippen LogP contribution is -2.33. The number of nitrogens with zero attached hydrogens (tertiary/aromatic N) is 4. The number of anilines is 1. The Bertz CT molecular complexity index is 538. The third-order valence-corrected chi connectivity index (χ3v) is 4.09. The summed E-state index contributed by atoms with van der Waals surface area (Å²) in [5, 5.41) is 14.3. The van der Waals surface area contributed by atoms with Crippen LogP contribution in [0.5, 0.6) is 0 Å². The van der Waals surface area contributed by atoms with E-state index in [-0.39, 0.29) is 11.4 Å². The van der Waals surface area contributed by atoms with Crippen LogP contribution in [-0.2, 0) is 10.3 Å². The summed E-state index contributed by atoms with van der Waals surface area (Å²) in [6, 6.07) is 2.13. The highest BCUT2D eigenvalue weighted by Gasteiger charge is 2.35. The van der Waals surface area contributed by atoms with Crippen LogP contribution in [0.2, 0.25) is 0 Å². The Morgan fingerprint density at radius 1 is 1.58 bits per heavy atom. The molecule has 1 fully saturated rings. The van der Waals surface area contributed by atoms with Crippen LogP contribution in [0.3, 0.4) is 0 Å². The SMILES string of the molecule is CC(C)(C)n1ncc(C#N)c1N1CC(CBr)CC1=O. The second kappa shape index (κ2) is 4.97. The molecule has 0 saturated carbocycles. The van der Waals surface area contributed by atoms with E-state index < -0.39 is 0 Å². The molecule has 1 aliphatic rings. The second-order valence-electron chi connectivity index (χ2n) is 5.81. The van der Waals surface area contributed by atoms with Crippen molar-refractivity contribution in [3.8, 4) is 6.07 Å². The topological polar surface area (TPSA) is 61.9 Å². The molecule has 2 heterocycles. The Morgan fingerprint density at radius 2 is 2.26 bits per heavy atom. The average molecular weight is 325 g/mol. The van der Waals surface area contributed by atoms with E-state index in [0.717, 1.165) is 5.33 Å². The highest BCUT2D eigenvalue weighted by molar-refractivity contribution is 9.09. The molecule has 19 heavy (non-hydrogen) atoms. The number of carbonyl (C=O) groups is 1. The maximum absolute atomic E-state index is 12.1. The average Bonchev–Trinajstić information content (AvgIpc) is 2.90. The minimum absolute atomic E-state index is 0.0620. The summed E-state index contributed by atoms with van der Waals surface area (Å²) >= 11 is 3.42. The smallest absolute Gasteiger partial charge is 0.228 e. The van der Waals surface area contributed by atoms with Gasteiger partial charge in [0.1, 0.15) is 11.6 Å². The zero-order valence-electron chi connectivity index (χ0n) is 11.4. The van der Waals surface area contributed by atoms with Crippen molar-refractivity contribution in [3.05, 3.63) is 11.8 Å². The van der Waals surface area contributed by atoms with Gasteiger partial charge in [-0.2, -0.15) is 10.4 Å². The van der Waals surface area contributed by atoms with E-state index in [1.165, 1.54) is 6.20 Å². The van der Waals surface area contributed by atoms with Crippen molar-refractivity contribution in [3.63, 3.8) is 0 Å². The normalized spacial score (nSPS) is 19.8. The van der Waals surface area contributed by atoms with Crippen molar-refractivity contribution in [2.75, 3.05) is 16.8 Å². The van der Waals surface area contributed by atoms with Crippen LogP contribution in [0.4, 0.5) is 5.82 Å². The number of hydrogen-bond acceptors (Lipinski definition) is 3. The quantitative estimate of drug-likeness (QED) is 0.784. The lowest BCUT2D eigenvalue weighted by atomic mass is 10.1. The fourth-order valence-corrected chi connectivity index (χ4v) is 2.69. The van der Waals surface area contributed by atoms with Gasteiger partial charge in [-0.3, -0.25) is 9.69 Å². The lowest BCUT2D eigenvalue weighted by Gasteiger charge is -2.26. The van der Waals surface area contributed by atoms with Crippen molar-refractivity contribution in [2.24, 2.45) is 5.92 Å². The molecule has 5 nitrogen and oxygen atoms in total.